The Labute approximate surface area is 103 Å². The second-order valence-electron chi connectivity index (χ2n) is 6.37. The summed E-state index contributed by atoms with van der Waals surface area (Å²) in [6.45, 7) is 2.47. The van der Waals surface area contributed by atoms with Crippen molar-refractivity contribution in [2.75, 3.05) is 13.1 Å². The van der Waals surface area contributed by atoms with Gasteiger partial charge in [-0.15, -0.1) is 0 Å². The highest BCUT2D eigenvalue weighted by Gasteiger charge is 2.47. The summed E-state index contributed by atoms with van der Waals surface area (Å²) in [5.41, 5.74) is 6.00. The summed E-state index contributed by atoms with van der Waals surface area (Å²) < 4.78 is 0. The summed E-state index contributed by atoms with van der Waals surface area (Å²) in [5.74, 6) is 1.37. The van der Waals surface area contributed by atoms with Crippen LogP contribution in [0.4, 0.5) is 0 Å². The van der Waals surface area contributed by atoms with Gasteiger partial charge < -0.3 is 10.9 Å². The third-order valence-electron chi connectivity index (χ3n) is 4.43. The number of oxime groups is 1. The van der Waals surface area contributed by atoms with Gasteiger partial charge in [-0.3, -0.25) is 4.90 Å². The van der Waals surface area contributed by atoms with Crippen molar-refractivity contribution in [2.24, 2.45) is 22.2 Å². The fourth-order valence-electron chi connectivity index (χ4n) is 2.83. The van der Waals surface area contributed by atoms with Crippen LogP contribution >= 0.6 is 0 Å². The number of hydrogen-bond donors (Lipinski definition) is 2. The topological polar surface area (TPSA) is 61.8 Å². The Hall–Kier alpha value is -0.770. The van der Waals surface area contributed by atoms with Gasteiger partial charge in [0.25, 0.3) is 0 Å². The molecule has 3 saturated carbocycles. The van der Waals surface area contributed by atoms with Crippen LogP contribution in [-0.4, -0.2) is 35.1 Å². The molecule has 0 amide bonds. The van der Waals surface area contributed by atoms with E-state index in [0.717, 1.165) is 18.4 Å². The van der Waals surface area contributed by atoms with Crippen LogP contribution in [-0.2, 0) is 0 Å². The second-order valence-corrected chi connectivity index (χ2v) is 6.37. The van der Waals surface area contributed by atoms with Crippen LogP contribution in [0.3, 0.4) is 0 Å². The van der Waals surface area contributed by atoms with E-state index in [1.807, 2.05) is 0 Å². The van der Waals surface area contributed by atoms with Crippen LogP contribution in [0.5, 0.6) is 0 Å². The summed E-state index contributed by atoms with van der Waals surface area (Å²) in [4.78, 5) is 2.69. The van der Waals surface area contributed by atoms with Crippen LogP contribution < -0.4 is 5.73 Å². The van der Waals surface area contributed by atoms with Gasteiger partial charge in [0.05, 0.1) is 0 Å². The number of rotatable bonds is 7. The maximum absolute atomic E-state index is 8.69. The molecule has 0 aromatic heterocycles. The van der Waals surface area contributed by atoms with Crippen molar-refractivity contribution < 1.29 is 5.21 Å². The van der Waals surface area contributed by atoms with E-state index in [9.17, 15) is 0 Å². The molecule has 0 unspecified atom stereocenters. The van der Waals surface area contributed by atoms with Crippen molar-refractivity contribution in [1.29, 1.82) is 0 Å². The molecule has 0 saturated heterocycles. The predicted octanol–water partition coefficient (Wildman–Crippen LogP) is 1.78. The molecule has 96 valence electrons. The predicted molar refractivity (Wildman–Crippen MR) is 67.0 cm³/mol. The van der Waals surface area contributed by atoms with Crippen LogP contribution in [0.15, 0.2) is 5.16 Å². The quantitative estimate of drug-likeness (QED) is 0.307. The largest absolute Gasteiger partial charge is 0.409 e. The molecule has 4 nitrogen and oxygen atoms in total. The molecule has 0 bridgehead atoms. The second kappa shape index (κ2) is 4.16. The zero-order valence-electron chi connectivity index (χ0n) is 10.4. The van der Waals surface area contributed by atoms with Crippen molar-refractivity contribution >= 4 is 5.84 Å². The molecule has 0 atom stereocenters. The zero-order valence-corrected chi connectivity index (χ0v) is 10.4. The standard InChI is InChI=1S/C13H23N3O/c14-12(15-17)7-13(5-6-13)9-16(11-3-4-11)8-10-1-2-10/h10-11,17H,1-9H2,(H2,14,15). The Kier molecular flexibility index (Phi) is 2.77. The van der Waals surface area contributed by atoms with Crippen molar-refractivity contribution in [3.63, 3.8) is 0 Å². The van der Waals surface area contributed by atoms with Crippen molar-refractivity contribution in [2.45, 2.75) is 51.0 Å². The summed E-state index contributed by atoms with van der Waals surface area (Å²) in [5, 5.41) is 11.8. The van der Waals surface area contributed by atoms with Crippen LogP contribution in [0.1, 0.15) is 44.9 Å². The third kappa shape index (κ3) is 2.92. The summed E-state index contributed by atoms with van der Waals surface area (Å²) in [6.07, 6.45) is 8.89. The van der Waals surface area contributed by atoms with Gasteiger partial charge in [0.1, 0.15) is 5.84 Å². The van der Waals surface area contributed by atoms with Gasteiger partial charge in [-0.2, -0.15) is 0 Å². The minimum absolute atomic E-state index is 0.341. The Balaban J connectivity index is 1.55. The number of hydrogen-bond acceptors (Lipinski definition) is 3. The lowest BCUT2D eigenvalue weighted by atomic mass is 10.0. The molecule has 0 spiro atoms. The maximum atomic E-state index is 8.69. The molecule has 0 aromatic rings. The first-order chi connectivity index (χ1) is 8.21. The number of nitrogens with two attached hydrogens (primary N) is 1. The van der Waals surface area contributed by atoms with Gasteiger partial charge in [0.15, 0.2) is 0 Å². The summed E-state index contributed by atoms with van der Waals surface area (Å²) in [6, 6.07) is 0.848. The van der Waals surface area contributed by atoms with E-state index >= 15 is 0 Å². The smallest absolute Gasteiger partial charge is 0.139 e. The van der Waals surface area contributed by atoms with E-state index in [2.05, 4.69) is 10.1 Å². The fourth-order valence-corrected chi connectivity index (χ4v) is 2.83. The minimum atomic E-state index is 0.341. The average molecular weight is 237 g/mol. The first-order valence-electron chi connectivity index (χ1n) is 6.91. The first-order valence-corrected chi connectivity index (χ1v) is 6.91. The van der Waals surface area contributed by atoms with E-state index in [-0.39, 0.29) is 0 Å². The van der Waals surface area contributed by atoms with Crippen LogP contribution in [0.25, 0.3) is 0 Å². The molecule has 0 heterocycles. The molecule has 17 heavy (non-hydrogen) atoms. The molecule has 0 radical (unpaired) electrons. The molecule has 3 N–H and O–H groups in total. The SMILES string of the molecule is NC(CC1(CN(CC2CC2)C2CC2)CC1)=NO. The molecule has 3 fully saturated rings. The zero-order chi connectivity index (χ0) is 11.9. The normalized spacial score (nSPS) is 27.5. The number of amidine groups is 1. The third-order valence-corrected chi connectivity index (χ3v) is 4.43. The lowest BCUT2D eigenvalue weighted by Gasteiger charge is -2.27. The van der Waals surface area contributed by atoms with Crippen LogP contribution in [0, 0.1) is 11.3 Å². The van der Waals surface area contributed by atoms with Crippen molar-refractivity contribution in [3.05, 3.63) is 0 Å². The fraction of sp³-hybridized carbons (Fsp3) is 0.923. The Morgan fingerprint density at radius 3 is 2.47 bits per heavy atom. The molecule has 3 aliphatic rings. The molecule has 3 rings (SSSR count). The average Bonchev–Trinajstić information content (AvgIpc) is 3.08. The molecular weight excluding hydrogens is 214 g/mol. The van der Waals surface area contributed by atoms with E-state index in [4.69, 9.17) is 10.9 Å². The maximum Gasteiger partial charge on any atom is 0.139 e. The summed E-state index contributed by atoms with van der Waals surface area (Å²) >= 11 is 0. The molecular formula is C13H23N3O. The van der Waals surface area contributed by atoms with E-state index in [1.54, 1.807) is 0 Å². The van der Waals surface area contributed by atoms with E-state index in [0.29, 0.717) is 11.3 Å². The van der Waals surface area contributed by atoms with E-state index in [1.165, 1.54) is 51.6 Å². The highest BCUT2D eigenvalue weighted by molar-refractivity contribution is 5.80. The highest BCUT2D eigenvalue weighted by atomic mass is 16.4. The van der Waals surface area contributed by atoms with Gasteiger partial charge in [0, 0.05) is 25.6 Å². The lowest BCUT2D eigenvalue weighted by molar-refractivity contribution is 0.203. The minimum Gasteiger partial charge on any atom is -0.409 e. The Morgan fingerprint density at radius 2 is 2.00 bits per heavy atom. The summed E-state index contributed by atoms with van der Waals surface area (Å²) in [7, 11) is 0. The van der Waals surface area contributed by atoms with Gasteiger partial charge in [-0.25, -0.2) is 0 Å². The van der Waals surface area contributed by atoms with Crippen molar-refractivity contribution in [1.82, 2.24) is 4.90 Å². The molecule has 3 aliphatic carbocycles. The van der Waals surface area contributed by atoms with Crippen molar-refractivity contribution in [3.8, 4) is 0 Å². The van der Waals surface area contributed by atoms with Crippen LogP contribution in [0.2, 0.25) is 0 Å². The lowest BCUT2D eigenvalue weighted by Crippen LogP contribution is -2.36. The monoisotopic (exact) mass is 237 g/mol. The van der Waals surface area contributed by atoms with Gasteiger partial charge in [-0.1, -0.05) is 5.16 Å². The van der Waals surface area contributed by atoms with Gasteiger partial charge in [0.2, 0.25) is 0 Å². The highest BCUT2D eigenvalue weighted by Crippen LogP contribution is 2.51. The Morgan fingerprint density at radius 1 is 1.29 bits per heavy atom. The number of nitrogens with zero attached hydrogens (tertiary/aromatic N) is 2. The first kappa shape index (κ1) is 11.3. The van der Waals surface area contributed by atoms with Gasteiger partial charge >= 0.3 is 0 Å². The van der Waals surface area contributed by atoms with Gasteiger partial charge in [-0.05, 0) is 49.9 Å². The molecule has 0 aliphatic heterocycles. The Bertz CT molecular complexity index is 317. The molecule has 0 aromatic carbocycles. The van der Waals surface area contributed by atoms with E-state index < -0.39 is 0 Å². The molecule has 4 heteroatoms.